The molecule has 0 radical (unpaired) electrons. The maximum atomic E-state index is 11.9. The summed E-state index contributed by atoms with van der Waals surface area (Å²) in [5.74, 6) is -0.980. The molecule has 0 aliphatic carbocycles. The van der Waals surface area contributed by atoms with Crippen LogP contribution < -0.4 is 5.69 Å². The van der Waals surface area contributed by atoms with E-state index in [1.54, 1.807) is 21.5 Å². The van der Waals surface area contributed by atoms with Crippen LogP contribution in [0.3, 0.4) is 0 Å². The van der Waals surface area contributed by atoms with Crippen molar-refractivity contribution in [2.45, 2.75) is 20.0 Å². The van der Waals surface area contributed by atoms with E-state index in [4.69, 9.17) is 5.11 Å². The van der Waals surface area contributed by atoms with Gasteiger partial charge in [0.2, 0.25) is 0 Å². The molecule has 0 saturated carbocycles. The molecule has 1 N–H and O–H groups in total. The molecule has 1 aromatic carbocycles. The van der Waals surface area contributed by atoms with Gasteiger partial charge in [-0.05, 0) is 30.2 Å². The van der Waals surface area contributed by atoms with Crippen LogP contribution >= 0.6 is 0 Å². The molecule has 1 heterocycles. The van der Waals surface area contributed by atoms with Crippen molar-refractivity contribution in [3.8, 4) is 0 Å². The number of carbonyl (C=O) groups is 1. The molecule has 20 heavy (non-hydrogen) atoms. The molecule has 0 fully saturated rings. The second-order valence-electron chi connectivity index (χ2n) is 4.41. The Morgan fingerprint density at radius 2 is 2.05 bits per heavy atom. The van der Waals surface area contributed by atoms with E-state index in [1.807, 2.05) is 31.2 Å². The zero-order valence-electron chi connectivity index (χ0n) is 11.2. The average molecular weight is 272 g/mol. The summed E-state index contributed by atoms with van der Waals surface area (Å²) in [7, 11) is 0. The van der Waals surface area contributed by atoms with Crippen LogP contribution in [0.15, 0.2) is 47.5 Å². The lowest BCUT2D eigenvalue weighted by Crippen LogP contribution is -2.23. The van der Waals surface area contributed by atoms with Crippen LogP contribution in [-0.4, -0.2) is 20.2 Å². The van der Waals surface area contributed by atoms with E-state index in [2.05, 4.69) is 0 Å². The molecule has 0 bridgehead atoms. The summed E-state index contributed by atoms with van der Waals surface area (Å²) in [5, 5.41) is 8.61. The Morgan fingerprint density at radius 3 is 2.70 bits per heavy atom. The van der Waals surface area contributed by atoms with Crippen molar-refractivity contribution in [1.82, 2.24) is 9.13 Å². The molecule has 0 aliphatic rings. The molecule has 0 amide bonds. The highest BCUT2D eigenvalue weighted by Crippen LogP contribution is 2.08. The third kappa shape index (κ3) is 3.26. The van der Waals surface area contributed by atoms with Gasteiger partial charge < -0.3 is 5.11 Å². The number of hydrogen-bond acceptors (Lipinski definition) is 2. The predicted octanol–water partition coefficient (Wildman–Crippen LogP) is 1.82. The number of aryl methyl sites for hydroxylation is 1. The number of aromatic nitrogens is 2. The SMILES string of the molecule is CCn1ccn(Cc2cccc(/C=C/C(=O)O)c2)c1=O. The summed E-state index contributed by atoms with van der Waals surface area (Å²) in [6.45, 7) is 3.04. The Morgan fingerprint density at radius 1 is 1.30 bits per heavy atom. The molecule has 0 saturated heterocycles. The predicted molar refractivity (Wildman–Crippen MR) is 76.6 cm³/mol. The van der Waals surface area contributed by atoms with E-state index >= 15 is 0 Å². The summed E-state index contributed by atoms with van der Waals surface area (Å²) < 4.78 is 3.26. The van der Waals surface area contributed by atoms with E-state index in [0.717, 1.165) is 17.2 Å². The number of carboxylic acid groups (broad SMARTS) is 1. The largest absolute Gasteiger partial charge is 0.478 e. The molecule has 0 unspecified atom stereocenters. The van der Waals surface area contributed by atoms with E-state index in [1.165, 1.54) is 6.08 Å². The van der Waals surface area contributed by atoms with Gasteiger partial charge in [0.15, 0.2) is 0 Å². The van der Waals surface area contributed by atoms with Crippen molar-refractivity contribution in [3.63, 3.8) is 0 Å². The zero-order chi connectivity index (χ0) is 14.5. The Bertz CT molecular complexity index is 695. The lowest BCUT2D eigenvalue weighted by atomic mass is 10.1. The van der Waals surface area contributed by atoms with Gasteiger partial charge >= 0.3 is 11.7 Å². The molecule has 2 aromatic rings. The molecule has 104 valence electrons. The first-order valence-corrected chi connectivity index (χ1v) is 6.35. The standard InChI is InChI=1S/C15H16N2O3/c1-2-16-8-9-17(15(16)20)11-13-5-3-4-12(10-13)6-7-14(18)19/h3-10H,2,11H2,1H3,(H,18,19)/b7-6+. The van der Waals surface area contributed by atoms with Gasteiger partial charge in [-0.3, -0.25) is 9.13 Å². The maximum Gasteiger partial charge on any atom is 0.328 e. The third-order valence-corrected chi connectivity index (χ3v) is 2.98. The van der Waals surface area contributed by atoms with E-state index in [-0.39, 0.29) is 5.69 Å². The number of rotatable bonds is 5. The fourth-order valence-corrected chi connectivity index (χ4v) is 1.97. The number of nitrogens with zero attached hydrogens (tertiary/aromatic N) is 2. The Balaban J connectivity index is 2.21. The topological polar surface area (TPSA) is 64.2 Å². The van der Waals surface area contributed by atoms with Crippen molar-refractivity contribution in [3.05, 3.63) is 64.3 Å². The molecule has 0 atom stereocenters. The molecule has 5 heteroatoms. The van der Waals surface area contributed by atoms with Gasteiger partial charge in [0.25, 0.3) is 0 Å². The number of imidazole rings is 1. The quantitative estimate of drug-likeness (QED) is 0.844. The van der Waals surface area contributed by atoms with E-state index in [9.17, 15) is 9.59 Å². The second-order valence-corrected chi connectivity index (χ2v) is 4.41. The van der Waals surface area contributed by atoms with E-state index < -0.39 is 5.97 Å². The maximum absolute atomic E-state index is 11.9. The smallest absolute Gasteiger partial charge is 0.328 e. The van der Waals surface area contributed by atoms with Crippen molar-refractivity contribution in [2.24, 2.45) is 0 Å². The van der Waals surface area contributed by atoms with Gasteiger partial charge in [-0.25, -0.2) is 9.59 Å². The van der Waals surface area contributed by atoms with Crippen LogP contribution in [0, 0.1) is 0 Å². The fourth-order valence-electron chi connectivity index (χ4n) is 1.97. The van der Waals surface area contributed by atoms with Gasteiger partial charge in [-0.1, -0.05) is 18.2 Å². The van der Waals surface area contributed by atoms with Gasteiger partial charge in [0.05, 0.1) is 6.54 Å². The number of carboxylic acids is 1. The number of benzene rings is 1. The minimum atomic E-state index is -0.980. The van der Waals surface area contributed by atoms with Crippen molar-refractivity contribution < 1.29 is 9.90 Å². The van der Waals surface area contributed by atoms with Gasteiger partial charge in [0, 0.05) is 25.0 Å². The first-order chi connectivity index (χ1) is 9.60. The summed E-state index contributed by atoms with van der Waals surface area (Å²) in [4.78, 5) is 22.4. The average Bonchev–Trinajstić information content (AvgIpc) is 2.78. The number of aliphatic carboxylic acids is 1. The Labute approximate surface area is 116 Å². The highest BCUT2D eigenvalue weighted by Gasteiger charge is 2.02. The first kappa shape index (κ1) is 13.9. The molecular weight excluding hydrogens is 256 g/mol. The molecule has 0 aliphatic heterocycles. The minimum Gasteiger partial charge on any atom is -0.478 e. The molecule has 1 aromatic heterocycles. The van der Waals surface area contributed by atoms with Crippen LogP contribution in [0.25, 0.3) is 6.08 Å². The lowest BCUT2D eigenvalue weighted by Gasteiger charge is -2.03. The van der Waals surface area contributed by atoms with Gasteiger partial charge in [-0.2, -0.15) is 0 Å². The molecule has 0 spiro atoms. The Hall–Kier alpha value is -2.56. The summed E-state index contributed by atoms with van der Waals surface area (Å²) >= 11 is 0. The van der Waals surface area contributed by atoms with Crippen LogP contribution in [0.4, 0.5) is 0 Å². The van der Waals surface area contributed by atoms with Crippen molar-refractivity contribution in [2.75, 3.05) is 0 Å². The number of hydrogen-bond donors (Lipinski definition) is 1. The van der Waals surface area contributed by atoms with Crippen molar-refractivity contribution >= 4 is 12.0 Å². The lowest BCUT2D eigenvalue weighted by molar-refractivity contribution is -0.131. The van der Waals surface area contributed by atoms with Crippen LogP contribution in [0.5, 0.6) is 0 Å². The summed E-state index contributed by atoms with van der Waals surface area (Å²) in [6.07, 6.45) is 6.15. The third-order valence-electron chi connectivity index (χ3n) is 2.98. The highest BCUT2D eigenvalue weighted by atomic mass is 16.4. The second kappa shape index (κ2) is 6.06. The normalized spacial score (nSPS) is 11.1. The molecule has 2 rings (SSSR count). The minimum absolute atomic E-state index is 0.0426. The summed E-state index contributed by atoms with van der Waals surface area (Å²) in [6, 6.07) is 7.45. The van der Waals surface area contributed by atoms with Crippen LogP contribution in [-0.2, 0) is 17.9 Å². The first-order valence-electron chi connectivity index (χ1n) is 6.35. The van der Waals surface area contributed by atoms with Gasteiger partial charge in [-0.15, -0.1) is 0 Å². The Kier molecular flexibility index (Phi) is 4.20. The van der Waals surface area contributed by atoms with Crippen molar-refractivity contribution in [1.29, 1.82) is 0 Å². The highest BCUT2D eigenvalue weighted by molar-refractivity contribution is 5.85. The summed E-state index contributed by atoms with van der Waals surface area (Å²) in [5.41, 5.74) is 1.71. The molecular formula is C15H16N2O3. The monoisotopic (exact) mass is 272 g/mol. The van der Waals surface area contributed by atoms with Gasteiger partial charge in [0.1, 0.15) is 0 Å². The van der Waals surface area contributed by atoms with Crippen LogP contribution in [0.1, 0.15) is 18.1 Å². The zero-order valence-corrected chi connectivity index (χ0v) is 11.2. The van der Waals surface area contributed by atoms with Crippen LogP contribution in [0.2, 0.25) is 0 Å². The van der Waals surface area contributed by atoms with E-state index in [0.29, 0.717) is 13.1 Å². The fraction of sp³-hybridized carbons (Fsp3) is 0.200. The molecule has 5 nitrogen and oxygen atoms in total.